The van der Waals surface area contributed by atoms with Gasteiger partial charge in [0.25, 0.3) is 5.91 Å². The molecular formula is C7H12N4O4. The highest BCUT2D eigenvalue weighted by molar-refractivity contribution is 5.96. The van der Waals surface area contributed by atoms with Gasteiger partial charge in [-0.3, -0.25) is 4.79 Å². The molecular weight excluding hydrogens is 204 g/mol. The monoisotopic (exact) mass is 216 g/mol. The van der Waals surface area contributed by atoms with Crippen molar-refractivity contribution in [2.24, 2.45) is 0 Å². The second-order valence-electron chi connectivity index (χ2n) is 3.33. The number of nitrogens with one attached hydrogen (secondary N) is 1. The van der Waals surface area contributed by atoms with Crippen molar-refractivity contribution < 1.29 is 19.6 Å². The van der Waals surface area contributed by atoms with E-state index in [-0.39, 0.29) is 11.5 Å². The maximum absolute atomic E-state index is 11.5. The van der Waals surface area contributed by atoms with Crippen LogP contribution in [0.3, 0.4) is 0 Å². The van der Waals surface area contributed by atoms with Gasteiger partial charge < -0.3 is 21.3 Å². The lowest BCUT2D eigenvalue weighted by Gasteiger charge is -2.25. The van der Waals surface area contributed by atoms with Crippen LogP contribution in [-0.2, 0) is 0 Å². The first kappa shape index (κ1) is 11.4. The van der Waals surface area contributed by atoms with Crippen LogP contribution in [0.15, 0.2) is 4.63 Å². The lowest BCUT2D eigenvalue weighted by atomic mass is 10.1. The number of aromatic nitrogens is 2. The molecule has 84 valence electrons. The Morgan fingerprint density at radius 1 is 1.53 bits per heavy atom. The summed E-state index contributed by atoms with van der Waals surface area (Å²) < 4.78 is 4.24. The predicted molar refractivity (Wildman–Crippen MR) is 48.8 cm³/mol. The molecule has 1 aromatic heterocycles. The van der Waals surface area contributed by atoms with Gasteiger partial charge in [-0.1, -0.05) is 0 Å². The highest BCUT2D eigenvalue weighted by Crippen LogP contribution is 2.07. The van der Waals surface area contributed by atoms with E-state index >= 15 is 0 Å². The SMILES string of the molecule is CC(CO)(CO)NC(=O)c1nonc1N. The number of carbonyl (C=O) groups excluding carboxylic acids is 1. The Kier molecular flexibility index (Phi) is 3.22. The van der Waals surface area contributed by atoms with Gasteiger partial charge in [-0.2, -0.15) is 0 Å². The molecule has 5 N–H and O–H groups in total. The molecule has 0 unspecified atom stereocenters. The highest BCUT2D eigenvalue weighted by Gasteiger charge is 2.27. The third-order valence-corrected chi connectivity index (χ3v) is 1.84. The summed E-state index contributed by atoms with van der Waals surface area (Å²) in [6.45, 7) is 0.634. The van der Waals surface area contributed by atoms with Crippen LogP contribution >= 0.6 is 0 Å². The molecule has 0 bridgehead atoms. The first-order valence-corrected chi connectivity index (χ1v) is 4.14. The summed E-state index contributed by atoms with van der Waals surface area (Å²) in [7, 11) is 0. The number of nitrogens with zero attached hydrogens (tertiary/aromatic N) is 2. The molecule has 0 aliphatic heterocycles. The lowest BCUT2D eigenvalue weighted by molar-refractivity contribution is 0.0716. The molecule has 0 saturated heterocycles. The molecule has 1 heterocycles. The summed E-state index contributed by atoms with van der Waals surface area (Å²) in [5.41, 5.74) is 3.98. The molecule has 1 rings (SSSR count). The van der Waals surface area contributed by atoms with Crippen LogP contribution in [0.4, 0.5) is 5.82 Å². The van der Waals surface area contributed by atoms with E-state index in [0.29, 0.717) is 0 Å². The van der Waals surface area contributed by atoms with Gasteiger partial charge in [0.1, 0.15) is 0 Å². The van der Waals surface area contributed by atoms with E-state index in [1.165, 1.54) is 6.92 Å². The Hall–Kier alpha value is -1.67. The van der Waals surface area contributed by atoms with Crippen LogP contribution in [-0.4, -0.2) is 45.2 Å². The average Bonchev–Trinajstić information content (AvgIpc) is 2.64. The van der Waals surface area contributed by atoms with Gasteiger partial charge in [0.2, 0.25) is 11.5 Å². The summed E-state index contributed by atoms with van der Waals surface area (Å²) in [6.07, 6.45) is 0. The summed E-state index contributed by atoms with van der Waals surface area (Å²) in [5, 5.41) is 26.7. The molecule has 1 amide bonds. The molecule has 0 spiro atoms. The Bertz CT molecular complexity index is 347. The van der Waals surface area contributed by atoms with Crippen molar-refractivity contribution in [2.45, 2.75) is 12.5 Å². The van der Waals surface area contributed by atoms with Crippen molar-refractivity contribution in [3.8, 4) is 0 Å². The summed E-state index contributed by atoms with van der Waals surface area (Å²) in [5.74, 6) is -0.815. The predicted octanol–water partition coefficient (Wildman–Crippen LogP) is -1.88. The highest BCUT2D eigenvalue weighted by atomic mass is 16.6. The number of hydrogen-bond acceptors (Lipinski definition) is 7. The van der Waals surface area contributed by atoms with Crippen LogP contribution in [0.25, 0.3) is 0 Å². The van der Waals surface area contributed by atoms with Gasteiger partial charge in [-0.15, -0.1) is 0 Å². The maximum atomic E-state index is 11.5. The standard InChI is InChI=1S/C7H12N4O4/c1-7(2-12,3-13)9-6(14)4-5(8)11-15-10-4/h12-13H,2-3H2,1H3,(H2,8,11)(H,9,14). The van der Waals surface area contributed by atoms with E-state index in [9.17, 15) is 4.79 Å². The minimum Gasteiger partial charge on any atom is -0.394 e. The molecule has 8 heteroatoms. The van der Waals surface area contributed by atoms with E-state index in [1.807, 2.05) is 0 Å². The zero-order valence-corrected chi connectivity index (χ0v) is 8.10. The van der Waals surface area contributed by atoms with Crippen LogP contribution in [0, 0.1) is 0 Å². The van der Waals surface area contributed by atoms with Gasteiger partial charge >= 0.3 is 0 Å². The van der Waals surface area contributed by atoms with Crippen LogP contribution in [0.2, 0.25) is 0 Å². The summed E-state index contributed by atoms with van der Waals surface area (Å²) >= 11 is 0. The lowest BCUT2D eigenvalue weighted by Crippen LogP contribution is -2.51. The van der Waals surface area contributed by atoms with Crippen molar-refractivity contribution >= 4 is 11.7 Å². The maximum Gasteiger partial charge on any atom is 0.278 e. The molecule has 0 aliphatic rings. The van der Waals surface area contributed by atoms with E-state index in [4.69, 9.17) is 15.9 Å². The number of aliphatic hydroxyl groups is 2. The fourth-order valence-electron chi connectivity index (χ4n) is 0.815. The second kappa shape index (κ2) is 4.24. The molecule has 15 heavy (non-hydrogen) atoms. The summed E-state index contributed by atoms with van der Waals surface area (Å²) in [4.78, 5) is 11.5. The Labute approximate surface area is 85.0 Å². The molecule has 0 aliphatic carbocycles. The number of aliphatic hydroxyl groups excluding tert-OH is 2. The second-order valence-corrected chi connectivity index (χ2v) is 3.33. The molecule has 0 atom stereocenters. The molecule has 8 nitrogen and oxygen atoms in total. The molecule has 1 aromatic rings. The Balaban J connectivity index is 2.76. The fourth-order valence-corrected chi connectivity index (χ4v) is 0.815. The number of hydrogen-bond donors (Lipinski definition) is 4. The molecule has 0 aromatic carbocycles. The van der Waals surface area contributed by atoms with Crippen LogP contribution in [0.5, 0.6) is 0 Å². The van der Waals surface area contributed by atoms with Gasteiger partial charge in [0.15, 0.2) is 0 Å². The first-order valence-electron chi connectivity index (χ1n) is 4.14. The fraction of sp³-hybridized carbons (Fsp3) is 0.571. The minimum atomic E-state index is -1.14. The Morgan fingerprint density at radius 2 is 2.13 bits per heavy atom. The summed E-state index contributed by atoms with van der Waals surface area (Å²) in [6, 6.07) is 0. The number of nitrogens with two attached hydrogens (primary N) is 1. The smallest absolute Gasteiger partial charge is 0.278 e. The van der Waals surface area contributed by atoms with E-state index in [2.05, 4.69) is 20.3 Å². The van der Waals surface area contributed by atoms with E-state index in [1.54, 1.807) is 0 Å². The number of carbonyl (C=O) groups is 1. The topological polar surface area (TPSA) is 134 Å². The van der Waals surface area contributed by atoms with Crippen molar-refractivity contribution in [3.05, 3.63) is 5.69 Å². The number of rotatable bonds is 4. The zero-order valence-electron chi connectivity index (χ0n) is 8.10. The Morgan fingerprint density at radius 3 is 2.53 bits per heavy atom. The van der Waals surface area contributed by atoms with Gasteiger partial charge in [-0.05, 0) is 17.2 Å². The average molecular weight is 216 g/mol. The van der Waals surface area contributed by atoms with E-state index in [0.717, 1.165) is 0 Å². The van der Waals surface area contributed by atoms with Crippen LogP contribution in [0.1, 0.15) is 17.4 Å². The van der Waals surface area contributed by atoms with E-state index < -0.39 is 24.7 Å². The third-order valence-electron chi connectivity index (χ3n) is 1.84. The number of anilines is 1. The quantitative estimate of drug-likeness (QED) is 0.462. The first-order chi connectivity index (χ1) is 7.02. The number of amides is 1. The van der Waals surface area contributed by atoms with Crippen molar-refractivity contribution in [3.63, 3.8) is 0 Å². The van der Waals surface area contributed by atoms with Crippen molar-refractivity contribution in [2.75, 3.05) is 18.9 Å². The third kappa shape index (κ3) is 2.42. The van der Waals surface area contributed by atoms with Gasteiger partial charge in [0.05, 0.1) is 18.8 Å². The molecule has 0 radical (unpaired) electrons. The molecule has 0 fully saturated rings. The zero-order chi connectivity index (χ0) is 11.5. The normalized spacial score (nSPS) is 11.4. The van der Waals surface area contributed by atoms with Crippen LogP contribution < -0.4 is 11.1 Å². The van der Waals surface area contributed by atoms with Crippen molar-refractivity contribution in [1.29, 1.82) is 0 Å². The van der Waals surface area contributed by atoms with Crippen molar-refractivity contribution in [1.82, 2.24) is 15.6 Å². The van der Waals surface area contributed by atoms with Gasteiger partial charge in [-0.25, -0.2) is 4.63 Å². The largest absolute Gasteiger partial charge is 0.394 e. The van der Waals surface area contributed by atoms with Gasteiger partial charge in [0, 0.05) is 0 Å². The number of nitrogen functional groups attached to an aromatic ring is 1. The minimum absolute atomic E-state index is 0.147. The molecule has 0 saturated carbocycles.